The number of carbonyl (C=O) groups is 2. The number of phenolic OH excluding ortho intramolecular Hbond substituents is 1. The Kier molecular flexibility index (Phi) is 12.1. The summed E-state index contributed by atoms with van der Waals surface area (Å²) in [6.07, 6.45) is 9.75. The number of hydrogen-bond donors (Lipinski definition) is 1. The zero-order valence-corrected chi connectivity index (χ0v) is 35.4. The predicted molar refractivity (Wildman–Crippen MR) is 211 cm³/mol. The van der Waals surface area contributed by atoms with Crippen molar-refractivity contribution in [1.29, 1.82) is 0 Å². The molecule has 0 saturated heterocycles. The third kappa shape index (κ3) is 9.58. The smallest absolute Gasteiger partial charge is 0.366 e. The summed E-state index contributed by atoms with van der Waals surface area (Å²) < 4.78 is 5.95. The van der Waals surface area contributed by atoms with E-state index in [1.165, 1.54) is 11.1 Å². The highest BCUT2D eigenvalue weighted by atomic mass is 16.8. The van der Waals surface area contributed by atoms with Crippen LogP contribution in [0.2, 0.25) is 0 Å². The number of nitrogens with zero attached hydrogens (tertiary/aromatic N) is 1. The third-order valence-corrected chi connectivity index (χ3v) is 11.3. The molecule has 1 heterocycles. The van der Waals surface area contributed by atoms with Crippen LogP contribution in [0.4, 0.5) is 0 Å². The van der Waals surface area contributed by atoms with Crippen LogP contribution in [0.3, 0.4) is 0 Å². The molecule has 6 nitrogen and oxygen atoms in total. The lowest BCUT2D eigenvalue weighted by atomic mass is 9.69. The number of hydrogen-bond acceptors (Lipinski definition) is 5. The number of carbonyl (C=O) groups excluding carboxylic acids is 2. The molecule has 2 aliphatic rings. The Labute approximate surface area is 311 Å². The van der Waals surface area contributed by atoms with Gasteiger partial charge in [0.15, 0.2) is 12.1 Å². The summed E-state index contributed by atoms with van der Waals surface area (Å²) in [5.74, 6) is 0.255. The molecule has 0 amide bonds. The van der Waals surface area contributed by atoms with Gasteiger partial charge in [0.05, 0.1) is 0 Å². The maximum absolute atomic E-state index is 13.3. The van der Waals surface area contributed by atoms with Crippen LogP contribution in [-0.4, -0.2) is 45.9 Å². The third-order valence-electron chi connectivity index (χ3n) is 11.3. The highest BCUT2D eigenvalue weighted by Crippen LogP contribution is 2.50. The maximum Gasteiger partial charge on any atom is 0.366 e. The van der Waals surface area contributed by atoms with Crippen molar-refractivity contribution < 1.29 is 28.9 Å². The van der Waals surface area contributed by atoms with Gasteiger partial charge in [-0.25, -0.2) is 4.79 Å². The highest BCUT2D eigenvalue weighted by Gasteiger charge is 2.60. The fraction of sp³-hybridized carbons (Fsp3) is 0.689. The van der Waals surface area contributed by atoms with Crippen LogP contribution in [-0.2, 0) is 30.0 Å². The van der Waals surface area contributed by atoms with E-state index in [4.69, 9.17) is 9.57 Å². The van der Waals surface area contributed by atoms with E-state index in [1.54, 1.807) is 0 Å². The van der Waals surface area contributed by atoms with E-state index < -0.39 is 11.1 Å². The summed E-state index contributed by atoms with van der Waals surface area (Å²) >= 11 is 0. The molecule has 0 bridgehead atoms. The molecule has 286 valence electrons. The van der Waals surface area contributed by atoms with Crippen LogP contribution in [0.15, 0.2) is 41.5 Å². The monoisotopic (exact) mass is 707 g/mol. The molecule has 6 heteroatoms. The standard InChI is InChI=1S/C45H71NO5/c1-18-37(47)51-46(21-22-50-38(48)20-19-30-23-33(40(2,3)4)27-34(24-30)41(5,6)7)44(14,15)28-32(29-45(46,16)17)31-25-35(42(8,9)10)39(49)36(26-31)43(11,12)13/h23-26,28,33H,18-22,27,29H2,1-17H3/p+1. The van der Waals surface area contributed by atoms with Crippen molar-refractivity contribution >= 4 is 17.5 Å². The van der Waals surface area contributed by atoms with E-state index in [0.29, 0.717) is 37.5 Å². The SMILES string of the molecule is CCC(=O)O[N+]1(CCOC(=O)CCC2=CC(C(C)(C)C)CC(C(C)(C)C)=C2)C(C)(C)C=C(c2cc(C(C)(C)C)c(O)c(C(C)(C)C)c2)CC1(C)C. The first-order chi connectivity index (χ1) is 22.9. The van der Waals surface area contributed by atoms with E-state index in [9.17, 15) is 14.7 Å². The first-order valence-corrected chi connectivity index (χ1v) is 19.2. The van der Waals surface area contributed by atoms with E-state index >= 15 is 0 Å². The summed E-state index contributed by atoms with van der Waals surface area (Å²) in [4.78, 5) is 32.8. The van der Waals surface area contributed by atoms with Crippen molar-refractivity contribution in [2.45, 2.75) is 172 Å². The number of hydroxylamine groups is 3. The average molecular weight is 707 g/mol. The van der Waals surface area contributed by atoms with Crippen LogP contribution in [0, 0.1) is 16.7 Å². The van der Waals surface area contributed by atoms with Gasteiger partial charge in [0.2, 0.25) is 0 Å². The lowest BCUT2D eigenvalue weighted by molar-refractivity contribution is -1.15. The van der Waals surface area contributed by atoms with Crippen LogP contribution in [0.25, 0.3) is 5.57 Å². The van der Waals surface area contributed by atoms with Crippen molar-refractivity contribution in [3.8, 4) is 5.75 Å². The topological polar surface area (TPSA) is 72.8 Å². The van der Waals surface area contributed by atoms with Gasteiger partial charge in [-0.1, -0.05) is 113 Å². The number of ether oxygens (including phenoxy) is 1. The quantitative estimate of drug-likeness (QED) is 0.204. The predicted octanol–water partition coefficient (Wildman–Crippen LogP) is 11.3. The molecule has 0 fully saturated rings. The minimum Gasteiger partial charge on any atom is -0.507 e. The molecule has 0 spiro atoms. The van der Waals surface area contributed by atoms with Gasteiger partial charge in [0.25, 0.3) is 0 Å². The molecular weight excluding hydrogens is 634 g/mol. The molecule has 2 atom stereocenters. The number of quaternary nitrogens is 1. The summed E-state index contributed by atoms with van der Waals surface area (Å²) in [6, 6.07) is 4.26. The average Bonchev–Trinajstić information content (AvgIpc) is 2.95. The van der Waals surface area contributed by atoms with Crippen molar-refractivity contribution in [1.82, 2.24) is 0 Å². The number of aromatic hydroxyl groups is 1. The van der Waals surface area contributed by atoms with E-state index in [2.05, 4.69) is 141 Å². The summed E-state index contributed by atoms with van der Waals surface area (Å²) in [7, 11) is 0. The van der Waals surface area contributed by atoms with Crippen molar-refractivity contribution in [2.24, 2.45) is 16.7 Å². The van der Waals surface area contributed by atoms with Gasteiger partial charge in [0.1, 0.15) is 17.9 Å². The molecule has 1 aromatic rings. The van der Waals surface area contributed by atoms with E-state index in [1.807, 2.05) is 6.92 Å². The maximum atomic E-state index is 13.3. The number of benzene rings is 1. The minimum absolute atomic E-state index is 0.00981. The molecule has 0 saturated carbocycles. The Hall–Kier alpha value is -2.86. The van der Waals surface area contributed by atoms with Crippen molar-refractivity contribution in [3.05, 3.63) is 58.2 Å². The fourth-order valence-electron chi connectivity index (χ4n) is 7.95. The molecule has 1 aromatic carbocycles. The van der Waals surface area contributed by atoms with Gasteiger partial charge in [-0.2, -0.15) is 0 Å². The lowest BCUT2D eigenvalue weighted by Crippen LogP contribution is -2.73. The Balaban J connectivity index is 1.93. The van der Waals surface area contributed by atoms with Crippen LogP contribution >= 0.6 is 0 Å². The van der Waals surface area contributed by atoms with Gasteiger partial charge in [-0.05, 0) is 97.5 Å². The number of esters is 1. The Morgan fingerprint density at radius 3 is 1.86 bits per heavy atom. The number of allylic oxidation sites excluding steroid dienone is 4. The second-order valence-corrected chi connectivity index (χ2v) is 20.6. The van der Waals surface area contributed by atoms with Crippen LogP contribution in [0.5, 0.6) is 5.75 Å². The highest BCUT2D eigenvalue weighted by molar-refractivity contribution is 5.72. The van der Waals surface area contributed by atoms with Gasteiger partial charge < -0.3 is 9.84 Å². The summed E-state index contributed by atoms with van der Waals surface area (Å²) in [5.41, 5.74) is 5.18. The Morgan fingerprint density at radius 2 is 1.41 bits per heavy atom. The molecular formula is C45H72NO5+. The normalized spacial score (nSPS) is 22.5. The van der Waals surface area contributed by atoms with Crippen molar-refractivity contribution in [3.63, 3.8) is 0 Å². The summed E-state index contributed by atoms with van der Waals surface area (Å²) in [6.45, 7) is 37.2. The van der Waals surface area contributed by atoms with Crippen LogP contribution in [0.1, 0.15) is 166 Å². The zero-order chi connectivity index (χ0) is 39.2. The molecule has 2 unspecified atom stereocenters. The Bertz CT molecular complexity index is 1520. The van der Waals surface area contributed by atoms with E-state index in [-0.39, 0.29) is 51.3 Å². The lowest BCUT2D eigenvalue weighted by Gasteiger charge is -2.56. The molecule has 1 N–H and O–H groups in total. The number of rotatable bonds is 9. The second-order valence-electron chi connectivity index (χ2n) is 20.6. The van der Waals surface area contributed by atoms with Gasteiger partial charge in [-0.15, -0.1) is 4.65 Å². The molecule has 1 aliphatic carbocycles. The molecule has 0 aromatic heterocycles. The first-order valence-electron chi connectivity index (χ1n) is 19.2. The molecule has 1 aliphatic heterocycles. The largest absolute Gasteiger partial charge is 0.507 e. The van der Waals surface area contributed by atoms with Gasteiger partial charge >= 0.3 is 11.9 Å². The molecule has 51 heavy (non-hydrogen) atoms. The fourth-order valence-corrected chi connectivity index (χ4v) is 7.95. The number of phenols is 1. The van der Waals surface area contributed by atoms with Crippen LogP contribution < -0.4 is 0 Å². The molecule has 0 radical (unpaired) electrons. The first kappa shape index (κ1) is 42.6. The van der Waals surface area contributed by atoms with Crippen molar-refractivity contribution in [2.75, 3.05) is 13.2 Å². The van der Waals surface area contributed by atoms with Gasteiger partial charge in [-0.3, -0.25) is 9.63 Å². The Morgan fingerprint density at radius 1 is 0.863 bits per heavy atom. The molecule has 3 rings (SSSR count). The minimum atomic E-state index is -0.654. The van der Waals surface area contributed by atoms with E-state index in [0.717, 1.165) is 28.7 Å². The second kappa shape index (κ2) is 14.5. The summed E-state index contributed by atoms with van der Waals surface area (Å²) in [5, 5.41) is 11.4. The van der Waals surface area contributed by atoms with Gasteiger partial charge in [0, 0.05) is 30.4 Å². The zero-order valence-electron chi connectivity index (χ0n) is 35.4.